The summed E-state index contributed by atoms with van der Waals surface area (Å²) in [5.74, 6) is -1.23. The zero-order valence-corrected chi connectivity index (χ0v) is 8.98. The van der Waals surface area contributed by atoms with Crippen LogP contribution in [0.1, 0.15) is 27.2 Å². The van der Waals surface area contributed by atoms with Crippen molar-refractivity contribution in [2.45, 2.75) is 27.2 Å². The topological polar surface area (TPSA) is 66.4 Å². The van der Waals surface area contributed by atoms with E-state index in [0.717, 1.165) is 6.42 Å². The highest BCUT2D eigenvalue weighted by Crippen LogP contribution is 2.17. The summed E-state index contributed by atoms with van der Waals surface area (Å²) in [7, 11) is 0. The minimum atomic E-state index is -2.34. The van der Waals surface area contributed by atoms with E-state index in [9.17, 15) is 13.6 Å². The first-order valence-electron chi connectivity index (χ1n) is 4.03. The molecule has 0 aliphatic heterocycles. The Morgan fingerprint density at radius 2 is 2.00 bits per heavy atom. The second-order valence-corrected chi connectivity index (χ2v) is 4.88. The molecule has 0 fully saturated rings. The van der Waals surface area contributed by atoms with Crippen molar-refractivity contribution < 1.29 is 18.3 Å². The molecule has 0 heterocycles. The molecular formula is C8H15O4S-. The number of carbonyl (C=O) groups is 1. The SMILES string of the molecule is CC(C)(C)CCOC(=O)CS(=O)[O-]. The minimum Gasteiger partial charge on any atom is -0.772 e. The van der Waals surface area contributed by atoms with Gasteiger partial charge in [-0.2, -0.15) is 0 Å². The van der Waals surface area contributed by atoms with E-state index >= 15 is 0 Å². The summed E-state index contributed by atoms with van der Waals surface area (Å²) in [6.45, 7) is 6.34. The van der Waals surface area contributed by atoms with Crippen molar-refractivity contribution in [2.24, 2.45) is 5.41 Å². The van der Waals surface area contributed by atoms with E-state index in [0.29, 0.717) is 0 Å². The van der Waals surface area contributed by atoms with Gasteiger partial charge in [0.15, 0.2) is 0 Å². The summed E-state index contributed by atoms with van der Waals surface area (Å²) < 4.78 is 24.8. The van der Waals surface area contributed by atoms with Crippen LogP contribution in [0.3, 0.4) is 0 Å². The minimum absolute atomic E-state index is 0.0941. The molecule has 78 valence electrons. The maximum atomic E-state index is 10.7. The molecule has 0 bridgehead atoms. The molecular weight excluding hydrogens is 192 g/mol. The highest BCUT2D eigenvalue weighted by atomic mass is 32.2. The summed E-state index contributed by atoms with van der Waals surface area (Å²) in [5.41, 5.74) is 0.0941. The van der Waals surface area contributed by atoms with Crippen LogP contribution in [0.4, 0.5) is 0 Å². The van der Waals surface area contributed by atoms with Crippen molar-refractivity contribution in [1.29, 1.82) is 0 Å². The number of carbonyl (C=O) groups excluding carboxylic acids is 1. The van der Waals surface area contributed by atoms with E-state index in [1.54, 1.807) is 0 Å². The normalized spacial score (nSPS) is 13.8. The van der Waals surface area contributed by atoms with Crippen molar-refractivity contribution in [2.75, 3.05) is 12.4 Å². The fourth-order valence-electron chi connectivity index (χ4n) is 0.609. The molecule has 0 N–H and O–H groups in total. The van der Waals surface area contributed by atoms with Gasteiger partial charge >= 0.3 is 5.97 Å². The molecule has 0 aromatic heterocycles. The van der Waals surface area contributed by atoms with Crippen molar-refractivity contribution in [3.8, 4) is 0 Å². The summed E-state index contributed by atoms with van der Waals surface area (Å²) >= 11 is -2.34. The maximum absolute atomic E-state index is 10.7. The van der Waals surface area contributed by atoms with Crippen molar-refractivity contribution in [3.63, 3.8) is 0 Å². The lowest BCUT2D eigenvalue weighted by Gasteiger charge is -2.17. The van der Waals surface area contributed by atoms with E-state index in [2.05, 4.69) is 0 Å². The Bertz CT molecular complexity index is 195. The molecule has 0 spiro atoms. The van der Waals surface area contributed by atoms with Crippen molar-refractivity contribution >= 4 is 17.0 Å². The Labute approximate surface area is 80.9 Å². The summed E-state index contributed by atoms with van der Waals surface area (Å²) in [6, 6.07) is 0. The third-order valence-corrected chi connectivity index (χ3v) is 1.82. The molecule has 0 saturated heterocycles. The lowest BCUT2D eigenvalue weighted by atomic mass is 9.93. The summed E-state index contributed by atoms with van der Waals surface area (Å²) in [5, 5.41) is 0. The Kier molecular flexibility index (Phi) is 5.17. The largest absolute Gasteiger partial charge is 0.772 e. The van der Waals surface area contributed by atoms with Gasteiger partial charge in [0.25, 0.3) is 0 Å². The molecule has 0 aliphatic rings. The number of ether oxygens (including phenoxy) is 1. The van der Waals surface area contributed by atoms with Crippen LogP contribution in [0.2, 0.25) is 0 Å². The van der Waals surface area contributed by atoms with Crippen LogP contribution in [-0.2, 0) is 20.6 Å². The van der Waals surface area contributed by atoms with Crippen LogP contribution >= 0.6 is 0 Å². The van der Waals surface area contributed by atoms with E-state index in [1.165, 1.54) is 0 Å². The predicted molar refractivity (Wildman–Crippen MR) is 48.8 cm³/mol. The van der Waals surface area contributed by atoms with Crippen LogP contribution in [0.5, 0.6) is 0 Å². The molecule has 0 aromatic carbocycles. The van der Waals surface area contributed by atoms with Crippen LogP contribution in [0.15, 0.2) is 0 Å². The van der Waals surface area contributed by atoms with Gasteiger partial charge in [0.2, 0.25) is 0 Å². The van der Waals surface area contributed by atoms with Gasteiger partial charge in [-0.3, -0.25) is 9.00 Å². The zero-order chi connectivity index (χ0) is 10.5. The molecule has 0 saturated carbocycles. The third kappa shape index (κ3) is 9.49. The van der Waals surface area contributed by atoms with Gasteiger partial charge in [0.1, 0.15) is 5.75 Å². The second-order valence-electron chi connectivity index (χ2n) is 3.98. The van der Waals surface area contributed by atoms with Gasteiger partial charge in [-0.15, -0.1) is 0 Å². The molecule has 0 rings (SSSR count). The van der Waals surface area contributed by atoms with Crippen LogP contribution < -0.4 is 0 Å². The van der Waals surface area contributed by atoms with Gasteiger partial charge in [-0.1, -0.05) is 20.8 Å². The second kappa shape index (κ2) is 5.34. The van der Waals surface area contributed by atoms with E-state index in [-0.39, 0.29) is 12.0 Å². The molecule has 0 amide bonds. The maximum Gasteiger partial charge on any atom is 0.317 e. The van der Waals surface area contributed by atoms with Crippen LogP contribution in [0.25, 0.3) is 0 Å². The average molecular weight is 207 g/mol. The molecule has 0 aliphatic carbocycles. The molecule has 13 heavy (non-hydrogen) atoms. The fraction of sp³-hybridized carbons (Fsp3) is 0.875. The monoisotopic (exact) mass is 207 g/mol. The lowest BCUT2D eigenvalue weighted by Crippen LogP contribution is -2.17. The number of hydrogen-bond donors (Lipinski definition) is 0. The molecule has 0 aromatic rings. The van der Waals surface area contributed by atoms with E-state index in [4.69, 9.17) is 4.74 Å². The summed E-state index contributed by atoms with van der Waals surface area (Å²) in [4.78, 5) is 10.7. The Balaban J connectivity index is 3.54. The Morgan fingerprint density at radius 1 is 1.46 bits per heavy atom. The average Bonchev–Trinajstić information content (AvgIpc) is 1.81. The standard InChI is InChI=1S/C8H16O4S/c1-8(2,3)4-5-12-7(9)6-13(10)11/h4-6H2,1-3H3,(H,10,11)/p-1. The number of rotatable bonds is 4. The first-order valence-corrected chi connectivity index (χ1v) is 5.27. The highest BCUT2D eigenvalue weighted by molar-refractivity contribution is 7.79. The van der Waals surface area contributed by atoms with Gasteiger partial charge in [-0.25, -0.2) is 0 Å². The highest BCUT2D eigenvalue weighted by Gasteiger charge is 2.11. The van der Waals surface area contributed by atoms with Gasteiger partial charge in [0.05, 0.1) is 6.61 Å². The number of hydrogen-bond acceptors (Lipinski definition) is 4. The van der Waals surface area contributed by atoms with Gasteiger partial charge < -0.3 is 9.29 Å². The smallest absolute Gasteiger partial charge is 0.317 e. The fourth-order valence-corrected chi connectivity index (χ4v) is 0.885. The predicted octanol–water partition coefficient (Wildman–Crippen LogP) is 0.845. The molecule has 1 unspecified atom stereocenters. The van der Waals surface area contributed by atoms with Gasteiger partial charge in [0, 0.05) is 0 Å². The lowest BCUT2D eigenvalue weighted by molar-refractivity contribution is -0.141. The molecule has 1 atom stereocenters. The molecule has 0 radical (unpaired) electrons. The Morgan fingerprint density at radius 3 is 2.38 bits per heavy atom. The van der Waals surface area contributed by atoms with Crippen molar-refractivity contribution in [1.82, 2.24) is 0 Å². The van der Waals surface area contributed by atoms with Gasteiger partial charge in [-0.05, 0) is 22.9 Å². The molecule has 4 nitrogen and oxygen atoms in total. The zero-order valence-electron chi connectivity index (χ0n) is 8.16. The molecule has 5 heteroatoms. The quantitative estimate of drug-likeness (QED) is 0.506. The Hall–Kier alpha value is -0.420. The third-order valence-electron chi connectivity index (χ3n) is 1.35. The van der Waals surface area contributed by atoms with E-state index in [1.807, 2.05) is 20.8 Å². The number of esters is 1. The first kappa shape index (κ1) is 12.6. The van der Waals surface area contributed by atoms with E-state index < -0.39 is 22.8 Å². The van der Waals surface area contributed by atoms with Crippen LogP contribution in [-0.4, -0.2) is 27.1 Å². The summed E-state index contributed by atoms with van der Waals surface area (Å²) in [6.07, 6.45) is 0.726. The first-order chi connectivity index (χ1) is 5.81. The van der Waals surface area contributed by atoms with Crippen LogP contribution in [0, 0.1) is 5.41 Å². The van der Waals surface area contributed by atoms with Crippen molar-refractivity contribution in [3.05, 3.63) is 0 Å².